The number of rotatable bonds is 1. The van der Waals surface area contributed by atoms with Gasteiger partial charge < -0.3 is 4.98 Å². The molecule has 0 aliphatic rings. The van der Waals surface area contributed by atoms with E-state index in [0.717, 1.165) is 11.0 Å². The summed E-state index contributed by atoms with van der Waals surface area (Å²) in [4.78, 5) is 7.34. The molecular formula is C10H7N3. The fourth-order valence-corrected chi connectivity index (χ4v) is 1.17. The molecule has 1 aromatic heterocycles. The molecule has 1 N–H and O–H groups in total. The lowest BCUT2D eigenvalue weighted by Gasteiger charge is -1.81. The van der Waals surface area contributed by atoms with Crippen molar-refractivity contribution in [1.82, 2.24) is 9.97 Å². The van der Waals surface area contributed by atoms with E-state index in [1.807, 2.05) is 30.3 Å². The summed E-state index contributed by atoms with van der Waals surface area (Å²) in [5, 5.41) is 8.32. The van der Waals surface area contributed by atoms with Gasteiger partial charge in [0.1, 0.15) is 5.82 Å². The number of aromatic nitrogens is 2. The van der Waals surface area contributed by atoms with E-state index in [1.54, 1.807) is 6.08 Å². The molecule has 2 aromatic rings. The van der Waals surface area contributed by atoms with Crippen molar-refractivity contribution >= 4 is 17.1 Å². The summed E-state index contributed by atoms with van der Waals surface area (Å²) < 4.78 is 0. The molecule has 62 valence electrons. The highest BCUT2D eigenvalue weighted by atomic mass is 14.9. The van der Waals surface area contributed by atoms with Gasteiger partial charge in [0.05, 0.1) is 17.1 Å². The molecule has 1 heterocycles. The second-order valence-corrected chi connectivity index (χ2v) is 2.60. The maximum atomic E-state index is 8.32. The van der Waals surface area contributed by atoms with E-state index in [0.29, 0.717) is 5.82 Å². The first-order chi connectivity index (χ1) is 6.40. The standard InChI is InChI=1S/C10H7N3/c11-7-3-6-10-12-8-4-1-2-5-9(8)13-10/h1-6H,(H,12,13). The molecule has 0 spiro atoms. The Labute approximate surface area is 75.3 Å². The Bertz CT molecular complexity index is 455. The average molecular weight is 169 g/mol. The molecule has 0 fully saturated rings. The quantitative estimate of drug-likeness (QED) is 0.664. The fraction of sp³-hybridized carbons (Fsp3) is 0. The van der Waals surface area contributed by atoms with Gasteiger partial charge in [-0.25, -0.2) is 4.98 Å². The maximum Gasteiger partial charge on any atom is 0.131 e. The lowest BCUT2D eigenvalue weighted by atomic mass is 10.3. The summed E-state index contributed by atoms with van der Waals surface area (Å²) in [5.41, 5.74) is 1.90. The molecule has 0 saturated carbocycles. The van der Waals surface area contributed by atoms with E-state index in [4.69, 9.17) is 5.26 Å². The number of imidazole rings is 1. The van der Waals surface area contributed by atoms with Gasteiger partial charge in [-0.15, -0.1) is 0 Å². The Morgan fingerprint density at radius 3 is 3.00 bits per heavy atom. The van der Waals surface area contributed by atoms with Gasteiger partial charge in [-0.05, 0) is 18.2 Å². The van der Waals surface area contributed by atoms with Crippen LogP contribution in [0.2, 0.25) is 0 Å². The predicted octanol–water partition coefficient (Wildman–Crippen LogP) is 2.10. The highest BCUT2D eigenvalue weighted by Gasteiger charge is 1.96. The number of nitrogens with one attached hydrogen (secondary N) is 1. The van der Waals surface area contributed by atoms with E-state index >= 15 is 0 Å². The summed E-state index contributed by atoms with van der Waals surface area (Å²) in [6.45, 7) is 0. The van der Waals surface area contributed by atoms with Crippen LogP contribution >= 0.6 is 0 Å². The first-order valence-electron chi connectivity index (χ1n) is 3.91. The zero-order valence-electron chi connectivity index (χ0n) is 6.86. The SMILES string of the molecule is N#CC=Cc1nc2ccccc2[nH]1. The van der Waals surface area contributed by atoms with Crippen molar-refractivity contribution in [3.05, 3.63) is 36.2 Å². The number of nitrogens with zero attached hydrogens (tertiary/aromatic N) is 2. The van der Waals surface area contributed by atoms with Crippen molar-refractivity contribution in [2.24, 2.45) is 0 Å². The summed E-state index contributed by atoms with van der Waals surface area (Å²) in [6, 6.07) is 9.67. The first-order valence-corrected chi connectivity index (χ1v) is 3.91. The Morgan fingerprint density at radius 1 is 1.38 bits per heavy atom. The Hall–Kier alpha value is -2.08. The van der Waals surface area contributed by atoms with Crippen LogP contribution in [0.25, 0.3) is 17.1 Å². The minimum absolute atomic E-state index is 0.711. The fourth-order valence-electron chi connectivity index (χ4n) is 1.17. The monoisotopic (exact) mass is 169 g/mol. The number of aromatic amines is 1. The number of benzene rings is 1. The van der Waals surface area contributed by atoms with Crippen LogP contribution in [-0.2, 0) is 0 Å². The number of fused-ring (bicyclic) bond motifs is 1. The maximum absolute atomic E-state index is 8.32. The van der Waals surface area contributed by atoms with Crippen molar-refractivity contribution in [3.8, 4) is 6.07 Å². The molecule has 0 radical (unpaired) electrons. The zero-order valence-corrected chi connectivity index (χ0v) is 6.86. The number of hydrogen-bond acceptors (Lipinski definition) is 2. The van der Waals surface area contributed by atoms with Crippen molar-refractivity contribution in [1.29, 1.82) is 5.26 Å². The van der Waals surface area contributed by atoms with Crippen LogP contribution < -0.4 is 0 Å². The second kappa shape index (κ2) is 3.11. The van der Waals surface area contributed by atoms with Crippen molar-refractivity contribution in [3.63, 3.8) is 0 Å². The van der Waals surface area contributed by atoms with Gasteiger partial charge in [0.15, 0.2) is 0 Å². The molecule has 3 nitrogen and oxygen atoms in total. The third-order valence-electron chi connectivity index (χ3n) is 1.72. The Morgan fingerprint density at radius 2 is 2.23 bits per heavy atom. The molecule has 3 heteroatoms. The molecule has 0 bridgehead atoms. The molecule has 13 heavy (non-hydrogen) atoms. The average Bonchev–Trinajstić information content (AvgIpc) is 2.57. The summed E-state index contributed by atoms with van der Waals surface area (Å²) in [5.74, 6) is 0.711. The molecule has 0 atom stereocenters. The summed E-state index contributed by atoms with van der Waals surface area (Å²) in [7, 11) is 0. The van der Waals surface area contributed by atoms with E-state index < -0.39 is 0 Å². The lowest BCUT2D eigenvalue weighted by molar-refractivity contribution is 1.29. The topological polar surface area (TPSA) is 52.5 Å². The molecule has 0 amide bonds. The number of nitriles is 1. The zero-order chi connectivity index (χ0) is 9.10. The molecular weight excluding hydrogens is 162 g/mol. The second-order valence-electron chi connectivity index (χ2n) is 2.60. The van der Waals surface area contributed by atoms with Gasteiger partial charge >= 0.3 is 0 Å². The highest BCUT2D eigenvalue weighted by Crippen LogP contribution is 2.10. The van der Waals surface area contributed by atoms with Crippen LogP contribution in [0.15, 0.2) is 30.3 Å². The van der Waals surface area contributed by atoms with Crippen LogP contribution in [0.1, 0.15) is 5.82 Å². The van der Waals surface area contributed by atoms with Crippen LogP contribution in [0.5, 0.6) is 0 Å². The smallest absolute Gasteiger partial charge is 0.131 e. The van der Waals surface area contributed by atoms with Crippen LogP contribution in [0.4, 0.5) is 0 Å². The third kappa shape index (κ3) is 1.42. The van der Waals surface area contributed by atoms with Gasteiger partial charge in [0.25, 0.3) is 0 Å². The Balaban J connectivity index is 2.51. The summed E-state index contributed by atoms with van der Waals surface area (Å²) >= 11 is 0. The molecule has 0 aliphatic heterocycles. The van der Waals surface area contributed by atoms with E-state index in [2.05, 4.69) is 9.97 Å². The minimum Gasteiger partial charge on any atom is -0.338 e. The van der Waals surface area contributed by atoms with Gasteiger partial charge in [-0.1, -0.05) is 12.1 Å². The third-order valence-corrected chi connectivity index (χ3v) is 1.72. The molecule has 0 saturated heterocycles. The molecule has 1 aromatic carbocycles. The van der Waals surface area contributed by atoms with E-state index in [1.165, 1.54) is 6.08 Å². The lowest BCUT2D eigenvalue weighted by Crippen LogP contribution is -1.71. The largest absolute Gasteiger partial charge is 0.338 e. The van der Waals surface area contributed by atoms with Gasteiger partial charge in [0, 0.05) is 6.08 Å². The first kappa shape index (κ1) is 7.56. The number of H-pyrrole nitrogens is 1. The predicted molar refractivity (Wildman–Crippen MR) is 50.7 cm³/mol. The highest BCUT2D eigenvalue weighted by molar-refractivity contribution is 5.76. The van der Waals surface area contributed by atoms with Crippen LogP contribution in [0.3, 0.4) is 0 Å². The molecule has 2 rings (SSSR count). The van der Waals surface area contributed by atoms with Crippen LogP contribution in [-0.4, -0.2) is 9.97 Å². The van der Waals surface area contributed by atoms with Crippen molar-refractivity contribution in [2.75, 3.05) is 0 Å². The van der Waals surface area contributed by atoms with E-state index in [-0.39, 0.29) is 0 Å². The normalized spacial score (nSPS) is 10.7. The van der Waals surface area contributed by atoms with E-state index in [9.17, 15) is 0 Å². The van der Waals surface area contributed by atoms with Crippen molar-refractivity contribution < 1.29 is 0 Å². The van der Waals surface area contributed by atoms with Gasteiger partial charge in [-0.3, -0.25) is 0 Å². The van der Waals surface area contributed by atoms with Gasteiger partial charge in [-0.2, -0.15) is 5.26 Å². The number of hydrogen-bond donors (Lipinski definition) is 1. The van der Waals surface area contributed by atoms with Gasteiger partial charge in [0.2, 0.25) is 0 Å². The molecule has 0 aliphatic carbocycles. The minimum atomic E-state index is 0.711. The number of para-hydroxylation sites is 2. The van der Waals surface area contributed by atoms with Crippen LogP contribution in [0, 0.1) is 11.3 Å². The van der Waals surface area contributed by atoms with Crippen molar-refractivity contribution in [2.45, 2.75) is 0 Å². The molecule has 0 unspecified atom stereocenters. The number of allylic oxidation sites excluding steroid dienone is 1. The summed E-state index contributed by atoms with van der Waals surface area (Å²) in [6.07, 6.45) is 3.05. The Kier molecular flexibility index (Phi) is 1.81.